The molecule has 6 nitrogen and oxygen atoms in total. The number of thioether (sulfide) groups is 1. The molecule has 1 aliphatic rings. The van der Waals surface area contributed by atoms with Crippen molar-refractivity contribution in [1.82, 2.24) is 0 Å². The average Bonchev–Trinajstić information content (AvgIpc) is 3.39. The highest BCUT2D eigenvalue weighted by molar-refractivity contribution is 8.03. The third kappa shape index (κ3) is 4.09. The molecule has 0 unspecified atom stereocenters. The lowest BCUT2D eigenvalue weighted by Gasteiger charge is -2.16. The van der Waals surface area contributed by atoms with Gasteiger partial charge in [0.15, 0.2) is 0 Å². The lowest BCUT2D eigenvalue weighted by atomic mass is 10.0. The van der Waals surface area contributed by atoms with Gasteiger partial charge in [-0.3, -0.25) is 9.59 Å². The number of para-hydroxylation sites is 1. The predicted octanol–water partition coefficient (Wildman–Crippen LogP) is 4.90. The first kappa shape index (κ1) is 20.8. The lowest BCUT2D eigenvalue weighted by Crippen LogP contribution is -2.31. The monoisotopic (exact) mass is 435 g/mol. The van der Waals surface area contributed by atoms with Gasteiger partial charge in [0.2, 0.25) is 0 Å². The molecule has 0 fully saturated rings. The minimum Gasteiger partial charge on any atom is -0.496 e. The van der Waals surface area contributed by atoms with Crippen LogP contribution in [-0.4, -0.2) is 25.5 Å². The minimum atomic E-state index is -0.388. The van der Waals surface area contributed by atoms with Gasteiger partial charge in [0, 0.05) is 5.56 Å². The first-order valence-electron chi connectivity index (χ1n) is 9.78. The molecule has 0 atom stereocenters. The van der Waals surface area contributed by atoms with E-state index in [9.17, 15) is 9.59 Å². The van der Waals surface area contributed by atoms with Gasteiger partial charge in [-0.05, 0) is 49.4 Å². The summed E-state index contributed by atoms with van der Waals surface area (Å²) in [6, 6.07) is 17.7. The zero-order valence-corrected chi connectivity index (χ0v) is 18.0. The number of imide groups is 1. The van der Waals surface area contributed by atoms with E-state index in [-0.39, 0.29) is 11.8 Å². The van der Waals surface area contributed by atoms with Crippen LogP contribution in [0.15, 0.2) is 76.2 Å². The number of hydrogen-bond acceptors (Lipinski definition) is 6. The van der Waals surface area contributed by atoms with Crippen LogP contribution in [0.5, 0.6) is 11.5 Å². The third-order valence-electron chi connectivity index (χ3n) is 4.76. The van der Waals surface area contributed by atoms with Crippen LogP contribution in [-0.2, 0) is 15.3 Å². The van der Waals surface area contributed by atoms with Crippen LogP contribution < -0.4 is 14.4 Å². The quantitative estimate of drug-likeness (QED) is 0.469. The van der Waals surface area contributed by atoms with Crippen LogP contribution in [0, 0.1) is 0 Å². The largest absolute Gasteiger partial charge is 0.496 e. The van der Waals surface area contributed by atoms with Crippen molar-refractivity contribution in [3.05, 3.63) is 83.2 Å². The molecular formula is C24H21NO5S. The number of hydrogen-bond donors (Lipinski definition) is 0. The van der Waals surface area contributed by atoms with Crippen LogP contribution in [0.2, 0.25) is 0 Å². The van der Waals surface area contributed by atoms with Gasteiger partial charge >= 0.3 is 0 Å². The number of furan rings is 1. The molecule has 0 N–H and O–H groups in total. The molecule has 4 rings (SSSR count). The number of amides is 2. The first-order chi connectivity index (χ1) is 15.1. The lowest BCUT2D eigenvalue weighted by molar-refractivity contribution is -0.119. The first-order valence-corrected chi connectivity index (χ1v) is 10.8. The SMILES string of the molecule is CCOc1ccc(N2C(=O)C(SCc3ccco3)=C(c3ccccc3OC)C2=O)cc1. The Kier molecular flexibility index (Phi) is 6.13. The molecule has 0 spiro atoms. The zero-order chi connectivity index (χ0) is 21.8. The number of nitrogens with zero attached hydrogens (tertiary/aromatic N) is 1. The fourth-order valence-corrected chi connectivity index (χ4v) is 4.37. The summed E-state index contributed by atoms with van der Waals surface area (Å²) in [4.78, 5) is 28.4. The summed E-state index contributed by atoms with van der Waals surface area (Å²) in [5, 5.41) is 0. The van der Waals surface area contributed by atoms with Gasteiger partial charge in [-0.25, -0.2) is 4.90 Å². The molecular weight excluding hydrogens is 414 g/mol. The maximum absolute atomic E-state index is 13.5. The minimum absolute atomic E-state index is 0.327. The standard InChI is InChI=1S/C24H21NO5S/c1-3-29-17-12-10-16(11-13-17)25-23(26)21(19-8-4-5-9-20(19)28-2)22(24(25)27)31-15-18-7-6-14-30-18/h4-14H,3,15H2,1-2H3. The number of benzene rings is 2. The topological polar surface area (TPSA) is 69.0 Å². The Balaban J connectivity index is 1.74. The maximum Gasteiger partial charge on any atom is 0.272 e. The molecule has 3 aromatic rings. The second-order valence-electron chi connectivity index (χ2n) is 6.65. The van der Waals surface area contributed by atoms with E-state index >= 15 is 0 Å². The normalized spacial score (nSPS) is 13.8. The van der Waals surface area contributed by atoms with Crippen molar-refractivity contribution < 1.29 is 23.5 Å². The second-order valence-corrected chi connectivity index (χ2v) is 7.63. The van der Waals surface area contributed by atoms with Gasteiger partial charge in [0.05, 0.1) is 41.9 Å². The fourth-order valence-electron chi connectivity index (χ4n) is 3.36. The van der Waals surface area contributed by atoms with Gasteiger partial charge in [-0.1, -0.05) is 18.2 Å². The third-order valence-corrected chi connectivity index (χ3v) is 5.86. The summed E-state index contributed by atoms with van der Waals surface area (Å²) < 4.78 is 16.3. The van der Waals surface area contributed by atoms with Crippen LogP contribution in [0.3, 0.4) is 0 Å². The Morgan fingerprint density at radius 3 is 2.42 bits per heavy atom. The molecule has 1 aromatic heterocycles. The molecule has 31 heavy (non-hydrogen) atoms. The van der Waals surface area contributed by atoms with Crippen LogP contribution in [0.4, 0.5) is 5.69 Å². The van der Waals surface area contributed by atoms with E-state index in [2.05, 4.69) is 0 Å². The van der Waals surface area contributed by atoms with E-state index in [0.717, 1.165) is 5.76 Å². The molecule has 0 radical (unpaired) electrons. The summed E-state index contributed by atoms with van der Waals surface area (Å²) in [7, 11) is 1.54. The van der Waals surface area contributed by atoms with Crippen LogP contribution in [0.1, 0.15) is 18.2 Å². The highest BCUT2D eigenvalue weighted by atomic mass is 32.2. The van der Waals surface area contributed by atoms with Gasteiger partial charge in [-0.15, -0.1) is 11.8 Å². The Labute approximate surface area is 184 Å². The van der Waals surface area contributed by atoms with Crippen molar-refractivity contribution in [2.75, 3.05) is 18.6 Å². The highest BCUT2D eigenvalue weighted by Gasteiger charge is 2.41. The molecule has 158 valence electrons. The van der Waals surface area contributed by atoms with E-state index in [1.807, 2.05) is 25.1 Å². The number of rotatable bonds is 8. The zero-order valence-electron chi connectivity index (χ0n) is 17.2. The van der Waals surface area contributed by atoms with Crippen molar-refractivity contribution in [2.24, 2.45) is 0 Å². The molecule has 7 heteroatoms. The number of anilines is 1. The Bertz CT molecular complexity index is 1120. The number of methoxy groups -OCH3 is 1. The number of ether oxygens (including phenoxy) is 2. The summed E-state index contributed by atoms with van der Waals surface area (Å²) in [5.74, 6) is 1.60. The Morgan fingerprint density at radius 2 is 1.74 bits per heavy atom. The summed E-state index contributed by atoms with van der Waals surface area (Å²) >= 11 is 1.28. The molecule has 0 aliphatic carbocycles. The number of carbonyl (C=O) groups excluding carboxylic acids is 2. The van der Waals surface area contributed by atoms with Crippen LogP contribution >= 0.6 is 11.8 Å². The molecule has 0 saturated carbocycles. The second kappa shape index (κ2) is 9.14. The summed E-state index contributed by atoms with van der Waals surface area (Å²) in [5.41, 5.74) is 1.39. The van der Waals surface area contributed by atoms with Crippen molar-refractivity contribution in [3.63, 3.8) is 0 Å². The maximum atomic E-state index is 13.5. The molecule has 2 aromatic carbocycles. The molecule has 1 aliphatic heterocycles. The summed E-state index contributed by atoms with van der Waals surface area (Å²) in [6.45, 7) is 2.43. The van der Waals surface area contributed by atoms with Gasteiger partial charge in [0.25, 0.3) is 11.8 Å². The molecule has 2 heterocycles. The van der Waals surface area contributed by atoms with Crippen molar-refractivity contribution in [1.29, 1.82) is 0 Å². The van der Waals surface area contributed by atoms with Crippen molar-refractivity contribution >= 4 is 34.8 Å². The Morgan fingerprint density at radius 1 is 0.968 bits per heavy atom. The van der Waals surface area contributed by atoms with E-state index < -0.39 is 0 Å². The fraction of sp³-hybridized carbons (Fsp3) is 0.167. The average molecular weight is 436 g/mol. The smallest absolute Gasteiger partial charge is 0.272 e. The predicted molar refractivity (Wildman–Crippen MR) is 120 cm³/mol. The van der Waals surface area contributed by atoms with Crippen LogP contribution in [0.25, 0.3) is 5.57 Å². The molecule has 0 bridgehead atoms. The van der Waals surface area contributed by atoms with Crippen molar-refractivity contribution in [3.8, 4) is 11.5 Å². The molecule has 0 saturated heterocycles. The van der Waals surface area contributed by atoms with Gasteiger partial charge < -0.3 is 13.9 Å². The summed E-state index contributed by atoms with van der Waals surface area (Å²) in [6.07, 6.45) is 1.58. The molecule has 2 amide bonds. The van der Waals surface area contributed by atoms with Gasteiger partial charge in [0.1, 0.15) is 17.3 Å². The number of carbonyl (C=O) groups is 2. The van der Waals surface area contributed by atoms with Gasteiger partial charge in [-0.2, -0.15) is 0 Å². The van der Waals surface area contributed by atoms with Crippen molar-refractivity contribution in [2.45, 2.75) is 12.7 Å². The van der Waals surface area contributed by atoms with E-state index in [1.54, 1.807) is 55.8 Å². The van der Waals surface area contributed by atoms with E-state index in [0.29, 0.717) is 45.6 Å². The highest BCUT2D eigenvalue weighted by Crippen LogP contribution is 2.42. The Hall–Kier alpha value is -3.45. The van der Waals surface area contributed by atoms with E-state index in [1.165, 1.54) is 16.7 Å². The van der Waals surface area contributed by atoms with E-state index in [4.69, 9.17) is 13.9 Å².